The average Bonchev–Trinajstić information content (AvgIpc) is 3.05. The van der Waals surface area contributed by atoms with Crippen molar-refractivity contribution in [3.8, 4) is 5.75 Å². The van der Waals surface area contributed by atoms with E-state index in [1.54, 1.807) is 14.2 Å². The Kier molecular flexibility index (Phi) is 65.7. The van der Waals surface area contributed by atoms with Crippen LogP contribution in [0.4, 0.5) is 0 Å². The van der Waals surface area contributed by atoms with Gasteiger partial charge < -0.3 is 52.8 Å². The summed E-state index contributed by atoms with van der Waals surface area (Å²) in [5, 5.41) is 16.0. The van der Waals surface area contributed by atoms with Gasteiger partial charge in [0.1, 0.15) is 45.4 Å². The van der Waals surface area contributed by atoms with Crippen LogP contribution in [0.25, 0.3) is 0 Å². The van der Waals surface area contributed by atoms with E-state index in [-0.39, 0.29) is 13.2 Å². The van der Waals surface area contributed by atoms with E-state index < -0.39 is 0 Å². The summed E-state index contributed by atoms with van der Waals surface area (Å²) < 4.78 is 42.6. The highest BCUT2D eigenvalue weighted by atomic mass is 16.5. The number of methoxy groups -OCH3 is 2. The van der Waals surface area contributed by atoms with E-state index in [1.165, 1.54) is 37.6 Å². The zero-order valence-corrected chi connectivity index (χ0v) is 26.4. The Labute approximate surface area is 259 Å². The third-order valence-electron chi connectivity index (χ3n) is 3.34. The third kappa shape index (κ3) is 72.9. The number of hydrogen-bond acceptors (Lipinski definition) is 11. The van der Waals surface area contributed by atoms with Gasteiger partial charge in [0.15, 0.2) is 0 Å². The second-order valence-electron chi connectivity index (χ2n) is 6.39. The molecule has 0 fully saturated rings. The second-order valence-corrected chi connectivity index (χ2v) is 6.39. The van der Waals surface area contributed by atoms with Crippen LogP contribution in [0.5, 0.6) is 5.75 Å². The van der Waals surface area contributed by atoms with Gasteiger partial charge in [-0.25, -0.2) is 0 Å². The molecule has 0 heterocycles. The number of aliphatic hydroxyl groups excluding tert-OH is 2. The molecule has 43 heavy (non-hydrogen) atoms. The normalized spacial score (nSPS) is 8.02. The SMILES string of the molecule is C=COC.C=COCCO.C=COCCO.C=COCCOC.C=COCCOCC.C=COCCOc1ccccc1. The Balaban J connectivity index is -0.000000139. The molecule has 0 aliphatic rings. The van der Waals surface area contributed by atoms with Gasteiger partial charge in [-0.05, 0) is 19.1 Å². The molecule has 250 valence electrons. The molecular formula is C32H56O11. The van der Waals surface area contributed by atoms with Gasteiger partial charge in [-0.3, -0.25) is 0 Å². The topological polar surface area (TPSA) is 124 Å². The lowest BCUT2D eigenvalue weighted by molar-refractivity contribution is 0.0935. The average molecular weight is 617 g/mol. The van der Waals surface area contributed by atoms with Crippen molar-refractivity contribution >= 4 is 0 Å². The molecule has 0 saturated heterocycles. The molecule has 1 rings (SSSR count). The van der Waals surface area contributed by atoms with Crippen LogP contribution in [0.15, 0.2) is 107 Å². The largest absolute Gasteiger partial charge is 0.505 e. The van der Waals surface area contributed by atoms with Crippen molar-refractivity contribution < 1.29 is 52.8 Å². The van der Waals surface area contributed by atoms with E-state index >= 15 is 0 Å². The van der Waals surface area contributed by atoms with Crippen LogP contribution in [-0.4, -0.2) is 97.1 Å². The summed E-state index contributed by atoms with van der Waals surface area (Å²) >= 11 is 0. The van der Waals surface area contributed by atoms with Crippen molar-refractivity contribution in [1.29, 1.82) is 0 Å². The van der Waals surface area contributed by atoms with Crippen molar-refractivity contribution in [2.45, 2.75) is 6.92 Å². The summed E-state index contributed by atoms with van der Waals surface area (Å²) in [4.78, 5) is 0. The first-order chi connectivity index (χ1) is 21.0. The van der Waals surface area contributed by atoms with Gasteiger partial charge in [0, 0.05) is 13.7 Å². The van der Waals surface area contributed by atoms with E-state index in [1.807, 2.05) is 37.3 Å². The minimum Gasteiger partial charge on any atom is -0.505 e. The van der Waals surface area contributed by atoms with Gasteiger partial charge >= 0.3 is 0 Å². The van der Waals surface area contributed by atoms with Crippen molar-refractivity contribution in [2.24, 2.45) is 0 Å². The lowest BCUT2D eigenvalue weighted by atomic mass is 10.3. The van der Waals surface area contributed by atoms with E-state index in [9.17, 15) is 0 Å². The number of hydrogen-bond donors (Lipinski definition) is 2. The molecule has 0 radical (unpaired) electrons. The Morgan fingerprint density at radius 2 is 0.953 bits per heavy atom. The van der Waals surface area contributed by atoms with Gasteiger partial charge in [-0.2, -0.15) is 0 Å². The molecule has 0 unspecified atom stereocenters. The molecular weight excluding hydrogens is 560 g/mol. The summed E-state index contributed by atoms with van der Waals surface area (Å²) in [7, 11) is 3.19. The Morgan fingerprint density at radius 1 is 0.558 bits per heavy atom. The second kappa shape index (κ2) is 57.9. The number of ether oxygens (including phenoxy) is 9. The van der Waals surface area contributed by atoms with E-state index in [0.29, 0.717) is 52.9 Å². The predicted octanol–water partition coefficient (Wildman–Crippen LogP) is 5.26. The van der Waals surface area contributed by atoms with Gasteiger partial charge in [-0.1, -0.05) is 57.7 Å². The lowest BCUT2D eigenvalue weighted by Crippen LogP contribution is -2.03. The Hall–Kier alpha value is -3.90. The zero-order valence-electron chi connectivity index (χ0n) is 26.4. The smallest absolute Gasteiger partial charge is 0.122 e. The minimum absolute atomic E-state index is 0.0615. The van der Waals surface area contributed by atoms with E-state index in [4.69, 9.17) is 33.9 Å². The Bertz CT molecular complexity index is 644. The first-order valence-electron chi connectivity index (χ1n) is 13.2. The number of rotatable bonds is 21. The van der Waals surface area contributed by atoms with Crippen LogP contribution in [0.3, 0.4) is 0 Å². The lowest BCUT2D eigenvalue weighted by Gasteiger charge is -2.04. The maximum Gasteiger partial charge on any atom is 0.122 e. The van der Waals surface area contributed by atoms with Gasteiger partial charge in [0.2, 0.25) is 0 Å². The molecule has 0 bridgehead atoms. The van der Waals surface area contributed by atoms with Gasteiger partial charge in [0.25, 0.3) is 0 Å². The Morgan fingerprint density at radius 3 is 1.28 bits per heavy atom. The molecule has 2 N–H and O–H groups in total. The molecule has 1 aromatic carbocycles. The standard InChI is InChI=1S/C10H12O2.C6H12O2.C5H10O2.2C4H8O2.C3H6O/c1-2-11-8-9-12-10-6-4-3-5-7-10;1-3-7-5-6-8-4-2;1-3-7-5-4-6-2;2*1-2-6-4-3-5;1-3-4-2/h2-7H,1,8-9H2;3H,1,4-6H2,2H3;3H,1,4-5H2,2H3;2*2,5H,1,3-4H2;3H,1H2,2H3. The third-order valence-corrected chi connectivity index (χ3v) is 3.34. The van der Waals surface area contributed by atoms with Crippen molar-refractivity contribution in [1.82, 2.24) is 0 Å². The summed E-state index contributed by atoms with van der Waals surface area (Å²) in [5.74, 6) is 0.866. The van der Waals surface area contributed by atoms with Crippen molar-refractivity contribution in [3.05, 3.63) is 107 Å². The molecule has 11 nitrogen and oxygen atoms in total. The molecule has 0 atom stereocenters. The number of benzene rings is 1. The minimum atomic E-state index is 0.0615. The maximum absolute atomic E-state index is 8.02. The molecule has 1 aromatic rings. The number of aliphatic hydroxyl groups is 2. The van der Waals surface area contributed by atoms with Crippen LogP contribution in [0.2, 0.25) is 0 Å². The van der Waals surface area contributed by atoms with E-state index in [0.717, 1.165) is 12.4 Å². The first kappa shape index (κ1) is 48.8. The molecule has 11 heteroatoms. The molecule has 0 spiro atoms. The van der Waals surface area contributed by atoms with Crippen molar-refractivity contribution in [2.75, 3.05) is 86.9 Å². The van der Waals surface area contributed by atoms with Crippen LogP contribution < -0.4 is 4.74 Å². The summed E-state index contributed by atoms with van der Waals surface area (Å²) in [6.45, 7) is 27.1. The molecule has 0 saturated carbocycles. The summed E-state index contributed by atoms with van der Waals surface area (Å²) in [6, 6.07) is 9.64. The highest BCUT2D eigenvalue weighted by Gasteiger charge is 1.89. The quantitative estimate of drug-likeness (QED) is 0.139. The monoisotopic (exact) mass is 616 g/mol. The maximum atomic E-state index is 8.02. The van der Waals surface area contributed by atoms with Crippen LogP contribution in [-0.2, 0) is 37.9 Å². The summed E-state index contributed by atoms with van der Waals surface area (Å²) in [6.07, 6.45) is 8.21. The zero-order chi connectivity index (χ0) is 33.5. The summed E-state index contributed by atoms with van der Waals surface area (Å²) in [5.41, 5.74) is 0. The highest BCUT2D eigenvalue weighted by Crippen LogP contribution is 2.07. The first-order valence-corrected chi connectivity index (χ1v) is 13.2. The fraction of sp³-hybridized carbons (Fsp3) is 0.438. The molecule has 0 aliphatic carbocycles. The molecule has 0 amide bonds. The van der Waals surface area contributed by atoms with E-state index in [2.05, 4.69) is 58.4 Å². The van der Waals surface area contributed by atoms with Gasteiger partial charge in [0.05, 0.1) is 71.1 Å². The van der Waals surface area contributed by atoms with Crippen LogP contribution in [0, 0.1) is 0 Å². The van der Waals surface area contributed by atoms with Crippen LogP contribution >= 0.6 is 0 Å². The predicted molar refractivity (Wildman–Crippen MR) is 172 cm³/mol. The van der Waals surface area contributed by atoms with Crippen LogP contribution in [0.1, 0.15) is 6.92 Å². The fourth-order valence-corrected chi connectivity index (χ4v) is 1.63. The highest BCUT2D eigenvalue weighted by molar-refractivity contribution is 5.20. The molecule has 0 aromatic heterocycles. The van der Waals surface area contributed by atoms with Gasteiger partial charge in [-0.15, -0.1) is 0 Å². The number of para-hydroxylation sites is 1. The molecule has 0 aliphatic heterocycles. The fourth-order valence-electron chi connectivity index (χ4n) is 1.63. The van der Waals surface area contributed by atoms with Crippen molar-refractivity contribution in [3.63, 3.8) is 0 Å².